The van der Waals surface area contributed by atoms with E-state index in [2.05, 4.69) is 53.9 Å². The van der Waals surface area contributed by atoms with Gasteiger partial charge in [-0.1, -0.05) is 0 Å². The molecule has 2 unspecified atom stereocenters. The fraction of sp³-hybridized carbons (Fsp3) is 0.429. The molecule has 0 aromatic heterocycles. The first kappa shape index (κ1) is 20.7. The maximum absolute atomic E-state index is 7.21. The third-order valence-electron chi connectivity index (χ3n) is 6.10. The third kappa shape index (κ3) is 3.15. The van der Waals surface area contributed by atoms with Gasteiger partial charge >= 0.3 is 182 Å². The van der Waals surface area contributed by atoms with E-state index >= 15 is 0 Å². The van der Waals surface area contributed by atoms with Crippen molar-refractivity contribution in [3.8, 4) is 17.2 Å². The average molecular weight is 611 g/mol. The maximum atomic E-state index is 7.21. The molecular formula is C21H26ClNO3PTl. The van der Waals surface area contributed by atoms with Crippen LogP contribution >= 0.6 is 16.2 Å². The number of nitrogens with zero attached hydrogens (tertiary/aromatic N) is 1. The summed E-state index contributed by atoms with van der Waals surface area (Å²) in [5.74, 6) is 2.40. The molecule has 2 aromatic carbocycles. The number of benzene rings is 2. The first-order valence-electron chi connectivity index (χ1n) is 9.59. The van der Waals surface area contributed by atoms with Gasteiger partial charge in [0.15, 0.2) is 0 Å². The van der Waals surface area contributed by atoms with Crippen LogP contribution < -0.4 is 19.5 Å². The Morgan fingerprint density at radius 2 is 2.04 bits per heavy atom. The van der Waals surface area contributed by atoms with Crippen LogP contribution in [0.2, 0.25) is 0 Å². The van der Waals surface area contributed by atoms with E-state index in [-0.39, 0.29) is 8.56 Å². The van der Waals surface area contributed by atoms with E-state index in [1.54, 1.807) is 14.2 Å². The standard InChI is InChI=1S/C21H26NO3P.ClH.Tl/c1-6-21(2)17-11-16(23-4)12-18(24-5)20(17)25-14-26(21)19-10-8-7-9-15(19)13-22-3;;/h7-12,14H,6,13H2,1-5H3;1H;/q-1;;+2/p-1. The molecule has 2 aliphatic heterocycles. The molecule has 4 nitrogen and oxygen atoms in total. The summed E-state index contributed by atoms with van der Waals surface area (Å²) in [4.78, 5) is 0. The Labute approximate surface area is 180 Å². The van der Waals surface area contributed by atoms with Crippen molar-refractivity contribution in [3.05, 3.63) is 47.5 Å². The Morgan fingerprint density at radius 3 is 2.71 bits per heavy atom. The van der Waals surface area contributed by atoms with Gasteiger partial charge in [0.2, 0.25) is 0 Å². The number of methoxy groups -OCH3 is 2. The van der Waals surface area contributed by atoms with Crippen LogP contribution in [-0.4, -0.2) is 49.2 Å². The molecule has 4 rings (SSSR count). The van der Waals surface area contributed by atoms with E-state index in [1.807, 2.05) is 6.07 Å². The SMILES string of the molecule is CCC1(C)c2cc(OC)cc(OC)c2O[C@H]2P1c1ccccc1C[N](C)[Tl]2[Cl]. The van der Waals surface area contributed by atoms with Gasteiger partial charge in [-0.3, -0.25) is 0 Å². The summed E-state index contributed by atoms with van der Waals surface area (Å²) >= 11 is -2.81. The average Bonchev–Trinajstić information content (AvgIpc) is 2.82. The van der Waals surface area contributed by atoms with Gasteiger partial charge in [-0.15, -0.1) is 0 Å². The van der Waals surface area contributed by atoms with E-state index in [0.717, 1.165) is 30.2 Å². The van der Waals surface area contributed by atoms with Gasteiger partial charge in [0.05, 0.1) is 0 Å². The number of halogens is 1. The molecule has 0 fully saturated rings. The number of hydrogen-bond acceptors (Lipinski definition) is 4. The molecule has 2 aromatic rings. The Morgan fingerprint density at radius 1 is 1.29 bits per heavy atom. The zero-order valence-electron chi connectivity index (χ0n) is 17.0. The van der Waals surface area contributed by atoms with Crippen molar-refractivity contribution in [2.24, 2.45) is 0 Å². The molecule has 0 amide bonds. The van der Waals surface area contributed by atoms with Crippen LogP contribution in [-0.2, 0) is 11.7 Å². The van der Waals surface area contributed by atoms with Gasteiger partial charge in [-0.2, -0.15) is 0 Å². The molecule has 0 radical (unpaired) electrons. The van der Waals surface area contributed by atoms with Crippen LogP contribution in [0.3, 0.4) is 0 Å². The molecule has 0 spiro atoms. The minimum absolute atomic E-state index is 0.0518. The summed E-state index contributed by atoms with van der Waals surface area (Å²) < 4.78 is 20.5. The molecule has 0 saturated heterocycles. The number of fused-ring (bicyclic) bond motifs is 4. The Hall–Kier alpha value is -0.558. The van der Waals surface area contributed by atoms with Gasteiger partial charge in [0.1, 0.15) is 0 Å². The summed E-state index contributed by atoms with van der Waals surface area (Å²) in [7, 11) is 12.1. The van der Waals surface area contributed by atoms with Gasteiger partial charge in [0.25, 0.3) is 0 Å². The predicted octanol–water partition coefficient (Wildman–Crippen LogP) is 4.57. The van der Waals surface area contributed by atoms with Crippen molar-refractivity contribution < 1.29 is 14.2 Å². The van der Waals surface area contributed by atoms with Crippen LogP contribution in [0, 0.1) is 0 Å². The van der Waals surface area contributed by atoms with Gasteiger partial charge in [0, 0.05) is 0 Å². The van der Waals surface area contributed by atoms with Crippen molar-refractivity contribution >= 4 is 43.3 Å². The van der Waals surface area contributed by atoms with E-state index < -0.39 is 29.7 Å². The molecule has 0 saturated carbocycles. The molecule has 7 heteroatoms. The molecule has 28 heavy (non-hydrogen) atoms. The third-order valence-corrected chi connectivity index (χ3v) is 28.1. The van der Waals surface area contributed by atoms with Gasteiger partial charge in [-0.25, -0.2) is 0 Å². The van der Waals surface area contributed by atoms with Gasteiger partial charge < -0.3 is 0 Å². The normalized spacial score (nSPS) is 26.4. The molecular weight excluding hydrogens is 585 g/mol. The van der Waals surface area contributed by atoms with Crippen molar-refractivity contribution in [1.82, 2.24) is 2.71 Å². The topological polar surface area (TPSA) is 30.9 Å². The van der Waals surface area contributed by atoms with Crippen molar-refractivity contribution in [1.29, 1.82) is 0 Å². The van der Waals surface area contributed by atoms with Crippen molar-refractivity contribution in [2.45, 2.75) is 35.4 Å². The molecule has 2 heterocycles. The van der Waals surface area contributed by atoms with Crippen LogP contribution in [0.15, 0.2) is 36.4 Å². The Bertz CT molecular complexity index is 898. The number of hydrogen-bond donors (Lipinski definition) is 0. The van der Waals surface area contributed by atoms with Crippen LogP contribution in [0.4, 0.5) is 0 Å². The van der Waals surface area contributed by atoms with Crippen LogP contribution in [0.5, 0.6) is 17.2 Å². The number of ether oxygens (including phenoxy) is 3. The fourth-order valence-electron chi connectivity index (χ4n) is 4.35. The molecule has 0 bridgehead atoms. The molecule has 2 aliphatic rings. The Kier molecular flexibility index (Phi) is 5.87. The van der Waals surface area contributed by atoms with E-state index in [9.17, 15) is 0 Å². The summed E-state index contributed by atoms with van der Waals surface area (Å²) in [6.07, 6.45) is 1.01. The minimum atomic E-state index is -2.81. The second kappa shape index (κ2) is 7.94. The van der Waals surface area contributed by atoms with Crippen molar-refractivity contribution in [3.63, 3.8) is 0 Å². The van der Waals surface area contributed by atoms with Gasteiger partial charge in [-0.05, 0) is 0 Å². The first-order chi connectivity index (χ1) is 13.4. The molecule has 3 atom stereocenters. The molecule has 148 valence electrons. The first-order valence-corrected chi connectivity index (χ1v) is 21.1. The van der Waals surface area contributed by atoms with Crippen molar-refractivity contribution in [2.75, 3.05) is 21.3 Å². The zero-order chi connectivity index (χ0) is 20.1. The van der Waals surface area contributed by atoms with Crippen LogP contribution in [0.1, 0.15) is 31.4 Å². The summed E-state index contributed by atoms with van der Waals surface area (Å²) in [6.45, 7) is 5.57. The molecule has 0 aliphatic carbocycles. The monoisotopic (exact) mass is 611 g/mol. The summed E-state index contributed by atoms with van der Waals surface area (Å²) in [6, 6.07) is 12.9. The van der Waals surface area contributed by atoms with E-state index in [0.29, 0.717) is 0 Å². The second-order valence-electron chi connectivity index (χ2n) is 7.63. The van der Waals surface area contributed by atoms with E-state index in [4.69, 9.17) is 22.5 Å². The summed E-state index contributed by atoms with van der Waals surface area (Å²) in [5.41, 5.74) is 2.58. The second-order valence-corrected chi connectivity index (χ2v) is 25.1. The Balaban J connectivity index is 2.00. The van der Waals surface area contributed by atoms with E-state index in [1.165, 1.54) is 16.4 Å². The molecule has 0 N–H and O–H groups in total. The fourth-order valence-corrected chi connectivity index (χ4v) is 26.3. The quantitative estimate of drug-likeness (QED) is 0.377. The van der Waals surface area contributed by atoms with Crippen LogP contribution in [0.25, 0.3) is 0 Å². The zero-order valence-corrected chi connectivity index (χ0v) is 23.2. The summed E-state index contributed by atoms with van der Waals surface area (Å²) in [5, 5.41) is 1.39. The number of rotatable bonds is 3. The predicted molar refractivity (Wildman–Crippen MR) is 118 cm³/mol.